The Bertz CT molecular complexity index is 278. The Labute approximate surface area is 92.2 Å². The zero-order valence-electron chi connectivity index (χ0n) is 9.58. The number of nitrogens with zero attached hydrogens (tertiary/aromatic N) is 2. The van der Waals surface area contributed by atoms with Gasteiger partial charge in [-0.05, 0) is 31.9 Å². The molecule has 0 aliphatic heterocycles. The van der Waals surface area contributed by atoms with E-state index in [1.165, 1.54) is 6.42 Å². The second-order valence-electron chi connectivity index (χ2n) is 3.68. The van der Waals surface area contributed by atoms with Crippen LogP contribution in [0.5, 0.6) is 0 Å². The third-order valence-corrected chi connectivity index (χ3v) is 2.22. The lowest BCUT2D eigenvalue weighted by molar-refractivity contribution is 0.567. The lowest BCUT2D eigenvalue weighted by Crippen LogP contribution is -2.14. The largest absolute Gasteiger partial charge is 0.311 e. The van der Waals surface area contributed by atoms with Gasteiger partial charge < -0.3 is 5.32 Å². The van der Waals surface area contributed by atoms with Gasteiger partial charge in [0, 0.05) is 19.3 Å². The second kappa shape index (κ2) is 7.23. The molecule has 0 atom stereocenters. The van der Waals surface area contributed by atoms with Crippen LogP contribution in [0, 0.1) is 0 Å². The molecule has 3 heteroatoms. The van der Waals surface area contributed by atoms with Crippen LogP contribution in [0.3, 0.4) is 0 Å². The maximum Gasteiger partial charge on any atom is 0.0762 e. The van der Waals surface area contributed by atoms with Crippen molar-refractivity contribution in [2.24, 2.45) is 0 Å². The maximum absolute atomic E-state index is 4.47. The van der Waals surface area contributed by atoms with Crippen molar-refractivity contribution in [3.05, 3.63) is 30.6 Å². The minimum absolute atomic E-state index is 0.877. The van der Waals surface area contributed by atoms with Crippen molar-refractivity contribution >= 4 is 0 Å². The van der Waals surface area contributed by atoms with Gasteiger partial charge in [-0.3, -0.25) is 4.68 Å². The first-order valence-electron chi connectivity index (χ1n) is 5.70. The third kappa shape index (κ3) is 4.79. The lowest BCUT2D eigenvalue weighted by Gasteiger charge is -2.00. The zero-order valence-corrected chi connectivity index (χ0v) is 9.58. The molecule has 0 unspecified atom stereocenters. The fourth-order valence-electron chi connectivity index (χ4n) is 1.41. The van der Waals surface area contributed by atoms with Crippen molar-refractivity contribution in [3.8, 4) is 0 Å². The Morgan fingerprint density at radius 1 is 1.60 bits per heavy atom. The van der Waals surface area contributed by atoms with E-state index < -0.39 is 0 Å². The van der Waals surface area contributed by atoms with Gasteiger partial charge in [-0.2, -0.15) is 5.10 Å². The van der Waals surface area contributed by atoms with Crippen molar-refractivity contribution in [2.45, 2.75) is 39.3 Å². The summed E-state index contributed by atoms with van der Waals surface area (Å²) in [5.41, 5.74) is 1.13. The number of allylic oxidation sites excluding steroid dienone is 1. The first-order chi connectivity index (χ1) is 7.36. The Kier molecular flexibility index (Phi) is 5.78. The summed E-state index contributed by atoms with van der Waals surface area (Å²) < 4.78 is 2.01. The smallest absolute Gasteiger partial charge is 0.0762 e. The van der Waals surface area contributed by atoms with Gasteiger partial charge in [0.15, 0.2) is 0 Å². The van der Waals surface area contributed by atoms with E-state index in [4.69, 9.17) is 0 Å². The summed E-state index contributed by atoms with van der Waals surface area (Å²) in [5.74, 6) is 0. The molecule has 0 fully saturated rings. The molecule has 1 rings (SSSR count). The first kappa shape index (κ1) is 12.0. The van der Waals surface area contributed by atoms with Crippen molar-refractivity contribution in [1.82, 2.24) is 15.1 Å². The summed E-state index contributed by atoms with van der Waals surface area (Å²) in [5, 5.41) is 7.81. The predicted molar refractivity (Wildman–Crippen MR) is 63.7 cm³/mol. The van der Waals surface area contributed by atoms with Crippen LogP contribution in [0.15, 0.2) is 24.9 Å². The van der Waals surface area contributed by atoms with Gasteiger partial charge >= 0.3 is 0 Å². The fourth-order valence-corrected chi connectivity index (χ4v) is 1.41. The van der Waals surface area contributed by atoms with Crippen molar-refractivity contribution < 1.29 is 0 Å². The van der Waals surface area contributed by atoms with E-state index in [1.54, 1.807) is 0 Å². The molecule has 0 aliphatic rings. The van der Waals surface area contributed by atoms with Gasteiger partial charge in [-0.25, -0.2) is 0 Å². The zero-order chi connectivity index (χ0) is 10.9. The number of hydrogen-bond donors (Lipinski definition) is 1. The average molecular weight is 207 g/mol. The molecule has 1 heterocycles. The van der Waals surface area contributed by atoms with Crippen molar-refractivity contribution in [1.29, 1.82) is 0 Å². The quantitative estimate of drug-likeness (QED) is 0.524. The topological polar surface area (TPSA) is 29.9 Å². The molecule has 3 nitrogen and oxygen atoms in total. The van der Waals surface area contributed by atoms with Gasteiger partial charge in [0.2, 0.25) is 0 Å². The van der Waals surface area contributed by atoms with Gasteiger partial charge in [-0.1, -0.05) is 13.0 Å². The molecule has 0 radical (unpaired) electrons. The molecular formula is C12H21N3. The van der Waals surface area contributed by atoms with Gasteiger partial charge in [0.05, 0.1) is 5.69 Å². The highest BCUT2D eigenvalue weighted by atomic mass is 15.3. The van der Waals surface area contributed by atoms with E-state index in [1.807, 2.05) is 17.0 Å². The van der Waals surface area contributed by atoms with Crippen LogP contribution >= 0.6 is 0 Å². The Hall–Kier alpha value is -1.09. The van der Waals surface area contributed by atoms with Crippen LogP contribution in [0.4, 0.5) is 0 Å². The lowest BCUT2D eigenvalue weighted by atomic mass is 10.3. The van der Waals surface area contributed by atoms with Crippen molar-refractivity contribution in [3.63, 3.8) is 0 Å². The highest BCUT2D eigenvalue weighted by Crippen LogP contribution is 1.99. The highest BCUT2D eigenvalue weighted by molar-refractivity contribution is 4.98. The van der Waals surface area contributed by atoms with Crippen LogP contribution < -0.4 is 5.32 Å². The molecule has 1 aromatic heterocycles. The third-order valence-electron chi connectivity index (χ3n) is 2.22. The highest BCUT2D eigenvalue weighted by Gasteiger charge is 1.97. The van der Waals surface area contributed by atoms with Crippen LogP contribution in [0.2, 0.25) is 0 Å². The second-order valence-corrected chi connectivity index (χ2v) is 3.68. The molecule has 1 aromatic rings. The van der Waals surface area contributed by atoms with E-state index in [2.05, 4.69) is 30.0 Å². The summed E-state index contributed by atoms with van der Waals surface area (Å²) in [6.07, 6.45) is 7.34. The average Bonchev–Trinajstić information content (AvgIpc) is 2.67. The minimum atomic E-state index is 0.877. The molecule has 0 aliphatic carbocycles. The van der Waals surface area contributed by atoms with Gasteiger partial charge in [0.25, 0.3) is 0 Å². The van der Waals surface area contributed by atoms with Crippen LogP contribution in [-0.4, -0.2) is 16.3 Å². The Balaban J connectivity index is 2.25. The number of unbranched alkanes of at least 4 members (excludes halogenated alkanes) is 1. The summed E-state index contributed by atoms with van der Waals surface area (Å²) in [4.78, 5) is 0. The molecular weight excluding hydrogens is 186 g/mol. The minimum Gasteiger partial charge on any atom is -0.311 e. The van der Waals surface area contributed by atoms with Crippen LogP contribution in [0.1, 0.15) is 31.9 Å². The molecule has 0 bridgehead atoms. The number of hydrogen-bond acceptors (Lipinski definition) is 2. The van der Waals surface area contributed by atoms with Crippen molar-refractivity contribution in [2.75, 3.05) is 6.54 Å². The predicted octanol–water partition coefficient (Wildman–Crippen LogP) is 2.35. The van der Waals surface area contributed by atoms with E-state index >= 15 is 0 Å². The number of aromatic nitrogens is 2. The molecule has 0 amide bonds. The van der Waals surface area contributed by atoms with Gasteiger partial charge in [0.1, 0.15) is 0 Å². The van der Waals surface area contributed by atoms with E-state index in [0.29, 0.717) is 0 Å². The standard InChI is InChI=1S/C12H21N3/c1-3-5-6-9-15-10-7-12(14-15)11-13-8-4-2/h3,7,10,13H,1,4-6,8-9,11H2,2H3. The Morgan fingerprint density at radius 3 is 3.20 bits per heavy atom. The molecule has 84 valence electrons. The van der Waals surface area contributed by atoms with Crippen LogP contribution in [-0.2, 0) is 13.1 Å². The van der Waals surface area contributed by atoms with E-state index in [-0.39, 0.29) is 0 Å². The first-order valence-corrected chi connectivity index (χ1v) is 5.70. The molecule has 0 saturated carbocycles. The summed E-state index contributed by atoms with van der Waals surface area (Å²) >= 11 is 0. The maximum atomic E-state index is 4.47. The van der Waals surface area contributed by atoms with Gasteiger partial charge in [-0.15, -0.1) is 6.58 Å². The molecule has 0 saturated heterocycles. The molecule has 0 aromatic carbocycles. The summed E-state index contributed by atoms with van der Waals surface area (Å²) in [6, 6.07) is 2.08. The number of aryl methyl sites for hydroxylation is 1. The summed E-state index contributed by atoms with van der Waals surface area (Å²) in [7, 11) is 0. The SMILES string of the molecule is C=CCCCn1ccc(CNCCC)n1. The van der Waals surface area contributed by atoms with Crippen LogP contribution in [0.25, 0.3) is 0 Å². The molecule has 0 spiro atoms. The van der Waals surface area contributed by atoms with E-state index in [9.17, 15) is 0 Å². The number of nitrogens with one attached hydrogen (secondary N) is 1. The molecule has 15 heavy (non-hydrogen) atoms. The molecule has 1 N–H and O–H groups in total. The monoisotopic (exact) mass is 207 g/mol. The summed E-state index contributed by atoms with van der Waals surface area (Å²) in [6.45, 7) is 8.80. The number of rotatable bonds is 8. The van der Waals surface area contributed by atoms with E-state index in [0.717, 1.165) is 38.2 Å². The fraction of sp³-hybridized carbons (Fsp3) is 0.583. The normalized spacial score (nSPS) is 10.5. The Morgan fingerprint density at radius 2 is 2.47 bits per heavy atom.